The van der Waals surface area contributed by atoms with Crippen molar-refractivity contribution in [2.45, 2.75) is 0 Å². The van der Waals surface area contributed by atoms with Gasteiger partial charge in [0.1, 0.15) is 5.75 Å². The van der Waals surface area contributed by atoms with E-state index >= 15 is 0 Å². The number of aromatic nitrogens is 7. The lowest BCUT2D eigenvalue weighted by Gasteiger charge is -2.04. The summed E-state index contributed by atoms with van der Waals surface area (Å²) in [5, 5.41) is 15.1. The van der Waals surface area contributed by atoms with Crippen molar-refractivity contribution < 1.29 is 4.74 Å². The van der Waals surface area contributed by atoms with Crippen LogP contribution < -0.4 is 4.74 Å². The fourth-order valence-corrected chi connectivity index (χ4v) is 1.82. The van der Waals surface area contributed by atoms with E-state index in [0.29, 0.717) is 17.3 Å². The molecule has 0 saturated heterocycles. The van der Waals surface area contributed by atoms with Crippen LogP contribution in [0.2, 0.25) is 0 Å². The highest BCUT2D eigenvalue weighted by atomic mass is 16.5. The molecule has 0 bridgehead atoms. The molecule has 3 aromatic heterocycles. The van der Waals surface area contributed by atoms with Crippen molar-refractivity contribution in [2.75, 3.05) is 0 Å². The van der Waals surface area contributed by atoms with Gasteiger partial charge in [-0.05, 0) is 28.6 Å². The topological polar surface area (TPSA) is 91.0 Å². The lowest BCUT2D eigenvalue weighted by atomic mass is 10.3. The molecule has 0 spiro atoms. The molecule has 0 amide bonds. The Morgan fingerprint density at radius 2 is 1.85 bits per heavy atom. The Morgan fingerprint density at radius 1 is 0.950 bits per heavy atom. The van der Waals surface area contributed by atoms with Gasteiger partial charge in [0, 0.05) is 24.5 Å². The summed E-state index contributed by atoms with van der Waals surface area (Å²) in [6.45, 7) is 0. The zero-order chi connectivity index (χ0) is 13.4. The number of benzene rings is 1. The van der Waals surface area contributed by atoms with Crippen LogP contribution in [0.3, 0.4) is 0 Å². The zero-order valence-corrected chi connectivity index (χ0v) is 10.1. The third-order valence-corrected chi connectivity index (χ3v) is 2.71. The minimum absolute atomic E-state index is 0.396. The fraction of sp³-hybridized carbons (Fsp3) is 0. The summed E-state index contributed by atoms with van der Waals surface area (Å²) in [6, 6.07) is 8.87. The lowest BCUT2D eigenvalue weighted by Crippen LogP contribution is -1.97. The van der Waals surface area contributed by atoms with Gasteiger partial charge in [-0.15, -0.1) is 14.8 Å². The van der Waals surface area contributed by atoms with E-state index < -0.39 is 0 Å². The largest absolute Gasteiger partial charge is 0.437 e. The van der Waals surface area contributed by atoms with Crippen molar-refractivity contribution in [3.63, 3.8) is 0 Å². The molecule has 0 aliphatic carbocycles. The third-order valence-electron chi connectivity index (χ3n) is 2.71. The van der Waals surface area contributed by atoms with Crippen LogP contribution in [0.1, 0.15) is 0 Å². The second-order valence-corrected chi connectivity index (χ2v) is 4.01. The first-order valence-electron chi connectivity index (χ1n) is 5.82. The van der Waals surface area contributed by atoms with Crippen molar-refractivity contribution in [3.05, 3.63) is 42.7 Å². The quantitative estimate of drug-likeness (QED) is 0.538. The molecule has 4 rings (SSSR count). The van der Waals surface area contributed by atoms with Gasteiger partial charge in [0.2, 0.25) is 5.88 Å². The molecule has 0 aliphatic heterocycles. The molecule has 8 heteroatoms. The van der Waals surface area contributed by atoms with E-state index in [1.165, 1.54) is 4.63 Å². The minimum atomic E-state index is 0.396. The Morgan fingerprint density at radius 3 is 2.80 bits per heavy atom. The molecule has 4 aromatic rings. The Balaban J connectivity index is 1.72. The molecule has 0 fully saturated rings. The first-order chi connectivity index (χ1) is 9.88. The van der Waals surface area contributed by atoms with E-state index in [-0.39, 0.29) is 0 Å². The SMILES string of the molecule is c1cnc2cc(Oc3ccc4nnnn4n3)ccc2n1. The number of hydrogen-bond donors (Lipinski definition) is 0. The molecule has 0 atom stereocenters. The van der Waals surface area contributed by atoms with Gasteiger partial charge in [-0.25, -0.2) is 0 Å². The highest BCUT2D eigenvalue weighted by Gasteiger charge is 2.04. The highest BCUT2D eigenvalue weighted by molar-refractivity contribution is 5.75. The average molecular weight is 265 g/mol. The van der Waals surface area contributed by atoms with E-state index in [2.05, 4.69) is 30.6 Å². The number of tetrazole rings is 1. The first-order valence-corrected chi connectivity index (χ1v) is 5.82. The van der Waals surface area contributed by atoms with Gasteiger partial charge in [0.15, 0.2) is 5.65 Å². The van der Waals surface area contributed by atoms with Crippen LogP contribution in [0, 0.1) is 0 Å². The van der Waals surface area contributed by atoms with Gasteiger partial charge < -0.3 is 4.74 Å². The van der Waals surface area contributed by atoms with Gasteiger partial charge in [0.25, 0.3) is 0 Å². The van der Waals surface area contributed by atoms with Crippen LogP contribution in [0.4, 0.5) is 0 Å². The molecule has 0 N–H and O–H groups in total. The summed E-state index contributed by atoms with van der Waals surface area (Å²) in [6.07, 6.45) is 3.29. The van der Waals surface area contributed by atoms with Crippen LogP contribution in [0.25, 0.3) is 16.7 Å². The van der Waals surface area contributed by atoms with Crippen LogP contribution in [-0.4, -0.2) is 35.2 Å². The normalized spacial score (nSPS) is 11.0. The van der Waals surface area contributed by atoms with E-state index in [1.54, 1.807) is 30.6 Å². The van der Waals surface area contributed by atoms with Crippen molar-refractivity contribution in [1.82, 2.24) is 35.2 Å². The summed E-state index contributed by atoms with van der Waals surface area (Å²) in [4.78, 5) is 8.42. The summed E-state index contributed by atoms with van der Waals surface area (Å²) in [5.41, 5.74) is 2.12. The van der Waals surface area contributed by atoms with Crippen molar-refractivity contribution in [3.8, 4) is 11.6 Å². The molecule has 20 heavy (non-hydrogen) atoms. The van der Waals surface area contributed by atoms with Gasteiger partial charge in [-0.1, -0.05) is 0 Å². The summed E-state index contributed by atoms with van der Waals surface area (Å²) >= 11 is 0. The number of fused-ring (bicyclic) bond motifs is 2. The Hall–Kier alpha value is -3.16. The Bertz CT molecular complexity index is 904. The number of rotatable bonds is 2. The fourth-order valence-electron chi connectivity index (χ4n) is 1.82. The van der Waals surface area contributed by atoms with E-state index in [9.17, 15) is 0 Å². The minimum Gasteiger partial charge on any atom is -0.437 e. The van der Waals surface area contributed by atoms with Gasteiger partial charge in [-0.3, -0.25) is 9.97 Å². The summed E-state index contributed by atoms with van der Waals surface area (Å²) in [5.74, 6) is 1.02. The summed E-state index contributed by atoms with van der Waals surface area (Å²) in [7, 11) is 0. The van der Waals surface area contributed by atoms with Crippen LogP contribution in [0.5, 0.6) is 11.6 Å². The maximum atomic E-state index is 5.67. The molecular formula is C12H7N7O. The first kappa shape index (κ1) is 10.7. The van der Waals surface area contributed by atoms with E-state index in [1.807, 2.05) is 12.1 Å². The molecule has 8 nitrogen and oxygen atoms in total. The van der Waals surface area contributed by atoms with Crippen LogP contribution in [0.15, 0.2) is 42.7 Å². The predicted octanol–water partition coefficient (Wildman–Crippen LogP) is 1.25. The maximum absolute atomic E-state index is 5.67. The highest BCUT2D eigenvalue weighted by Crippen LogP contribution is 2.22. The average Bonchev–Trinajstić information content (AvgIpc) is 2.95. The van der Waals surface area contributed by atoms with E-state index in [0.717, 1.165) is 11.0 Å². The number of hydrogen-bond acceptors (Lipinski definition) is 7. The molecule has 0 saturated carbocycles. The summed E-state index contributed by atoms with van der Waals surface area (Å²) < 4.78 is 6.97. The predicted molar refractivity (Wildman–Crippen MR) is 68.2 cm³/mol. The molecule has 0 unspecified atom stereocenters. The second kappa shape index (κ2) is 4.19. The molecular weight excluding hydrogens is 258 g/mol. The Kier molecular flexibility index (Phi) is 2.25. The molecule has 1 aromatic carbocycles. The van der Waals surface area contributed by atoms with Crippen LogP contribution >= 0.6 is 0 Å². The lowest BCUT2D eigenvalue weighted by molar-refractivity contribution is 0.447. The van der Waals surface area contributed by atoms with Crippen molar-refractivity contribution >= 4 is 16.7 Å². The van der Waals surface area contributed by atoms with Crippen molar-refractivity contribution in [2.24, 2.45) is 0 Å². The van der Waals surface area contributed by atoms with Crippen LogP contribution in [-0.2, 0) is 0 Å². The second-order valence-electron chi connectivity index (χ2n) is 4.01. The number of ether oxygens (including phenoxy) is 1. The van der Waals surface area contributed by atoms with Gasteiger partial charge in [-0.2, -0.15) is 0 Å². The molecule has 3 heterocycles. The maximum Gasteiger partial charge on any atom is 0.239 e. The third kappa shape index (κ3) is 1.79. The van der Waals surface area contributed by atoms with Crippen molar-refractivity contribution in [1.29, 1.82) is 0 Å². The van der Waals surface area contributed by atoms with E-state index in [4.69, 9.17) is 4.74 Å². The smallest absolute Gasteiger partial charge is 0.239 e. The van der Waals surface area contributed by atoms with Gasteiger partial charge >= 0.3 is 0 Å². The number of nitrogens with zero attached hydrogens (tertiary/aromatic N) is 7. The molecule has 96 valence electrons. The Labute approximate surface area is 112 Å². The monoisotopic (exact) mass is 265 g/mol. The zero-order valence-electron chi connectivity index (χ0n) is 10.1. The molecule has 0 aliphatic rings. The standard InChI is InChI=1S/C12H7N7O/c1-2-9-10(14-6-5-13-9)7-8(1)20-12-4-3-11-15-17-18-19(11)16-12/h1-7H. The van der Waals surface area contributed by atoms with Gasteiger partial charge in [0.05, 0.1) is 11.0 Å². The molecule has 0 radical (unpaired) electrons.